The Labute approximate surface area is 137 Å². The van der Waals surface area contributed by atoms with Gasteiger partial charge in [0.05, 0.1) is 11.7 Å². The van der Waals surface area contributed by atoms with Crippen LogP contribution in [-0.2, 0) is 19.6 Å². The number of sulfonamides is 1. The first-order chi connectivity index (χ1) is 10.8. The first kappa shape index (κ1) is 18.2. The van der Waals surface area contributed by atoms with Gasteiger partial charge in [-0.05, 0) is 38.5 Å². The van der Waals surface area contributed by atoms with E-state index in [1.807, 2.05) is 6.92 Å². The molecular formula is C15H26N2O5S. The van der Waals surface area contributed by atoms with Crippen molar-refractivity contribution in [1.29, 1.82) is 0 Å². The number of carbonyl (C=O) groups is 2. The van der Waals surface area contributed by atoms with E-state index in [2.05, 4.69) is 5.32 Å². The summed E-state index contributed by atoms with van der Waals surface area (Å²) < 4.78 is 26.0. The van der Waals surface area contributed by atoms with Crippen molar-refractivity contribution in [2.75, 3.05) is 12.3 Å². The molecule has 2 fully saturated rings. The minimum absolute atomic E-state index is 0.0811. The Morgan fingerprint density at radius 1 is 1.26 bits per heavy atom. The fourth-order valence-electron chi connectivity index (χ4n) is 3.41. The van der Waals surface area contributed by atoms with Crippen LogP contribution in [0.5, 0.6) is 0 Å². The highest BCUT2D eigenvalue weighted by Crippen LogP contribution is 2.27. The highest BCUT2D eigenvalue weighted by Gasteiger charge is 2.39. The van der Waals surface area contributed by atoms with E-state index in [0.717, 1.165) is 6.42 Å². The molecule has 1 saturated heterocycles. The molecular weight excluding hydrogens is 320 g/mol. The number of carboxylic acids is 1. The number of carboxylic acid groups (broad SMARTS) is 1. The summed E-state index contributed by atoms with van der Waals surface area (Å²) in [6.07, 6.45) is 4.23. The Morgan fingerprint density at radius 3 is 2.61 bits per heavy atom. The molecule has 1 aliphatic carbocycles. The topological polar surface area (TPSA) is 104 Å². The molecule has 132 valence electrons. The second kappa shape index (κ2) is 7.61. The lowest BCUT2D eigenvalue weighted by Crippen LogP contribution is -2.48. The predicted molar refractivity (Wildman–Crippen MR) is 85.3 cm³/mol. The minimum atomic E-state index is -3.40. The molecule has 0 bridgehead atoms. The van der Waals surface area contributed by atoms with Crippen LogP contribution in [0.3, 0.4) is 0 Å². The van der Waals surface area contributed by atoms with Crippen LogP contribution < -0.4 is 5.32 Å². The van der Waals surface area contributed by atoms with Gasteiger partial charge in [0.1, 0.15) is 6.04 Å². The normalized spacial score (nSPS) is 28.8. The number of aliphatic carboxylic acids is 1. The Morgan fingerprint density at radius 2 is 2.00 bits per heavy atom. The lowest BCUT2D eigenvalue weighted by Gasteiger charge is -2.24. The van der Waals surface area contributed by atoms with Gasteiger partial charge in [-0.25, -0.2) is 8.42 Å². The van der Waals surface area contributed by atoms with Crippen molar-refractivity contribution in [2.45, 2.75) is 64.0 Å². The predicted octanol–water partition coefficient (Wildman–Crippen LogP) is 0.950. The molecule has 1 saturated carbocycles. The van der Waals surface area contributed by atoms with Crippen molar-refractivity contribution < 1.29 is 23.1 Å². The molecule has 2 rings (SSSR count). The van der Waals surface area contributed by atoms with E-state index in [4.69, 9.17) is 5.11 Å². The number of nitrogens with one attached hydrogen (secondary N) is 1. The molecule has 1 aliphatic heterocycles. The van der Waals surface area contributed by atoms with Crippen LogP contribution >= 0.6 is 0 Å². The zero-order valence-corrected chi connectivity index (χ0v) is 14.3. The third-order valence-corrected chi connectivity index (χ3v) is 6.70. The second-order valence-corrected chi connectivity index (χ2v) is 8.53. The van der Waals surface area contributed by atoms with E-state index in [1.54, 1.807) is 0 Å². The van der Waals surface area contributed by atoms with E-state index in [0.29, 0.717) is 45.1 Å². The zero-order chi connectivity index (χ0) is 17.0. The van der Waals surface area contributed by atoms with Gasteiger partial charge >= 0.3 is 5.97 Å². The summed E-state index contributed by atoms with van der Waals surface area (Å²) in [7, 11) is -3.40. The molecule has 2 N–H and O–H groups in total. The molecule has 0 spiro atoms. The Bertz CT molecular complexity index is 548. The largest absolute Gasteiger partial charge is 0.481 e. The molecule has 0 aromatic carbocycles. The van der Waals surface area contributed by atoms with Gasteiger partial charge < -0.3 is 10.4 Å². The van der Waals surface area contributed by atoms with Crippen LogP contribution in [0.4, 0.5) is 0 Å². The van der Waals surface area contributed by atoms with E-state index in [1.165, 1.54) is 4.31 Å². The van der Waals surface area contributed by atoms with Gasteiger partial charge in [-0.15, -0.1) is 0 Å². The summed E-state index contributed by atoms with van der Waals surface area (Å²) in [5, 5.41) is 11.9. The smallest absolute Gasteiger partial charge is 0.306 e. The van der Waals surface area contributed by atoms with Gasteiger partial charge in [-0.2, -0.15) is 4.31 Å². The summed E-state index contributed by atoms with van der Waals surface area (Å²) in [5.74, 6) is -1.43. The number of nitrogens with zero attached hydrogens (tertiary/aromatic N) is 1. The van der Waals surface area contributed by atoms with Crippen LogP contribution in [0.25, 0.3) is 0 Å². The number of unbranched alkanes of at least 4 members (excludes halogenated alkanes) is 1. The molecule has 1 heterocycles. The van der Waals surface area contributed by atoms with Gasteiger partial charge in [0.25, 0.3) is 0 Å². The summed E-state index contributed by atoms with van der Waals surface area (Å²) in [6.45, 7) is 2.33. The zero-order valence-electron chi connectivity index (χ0n) is 13.5. The highest BCUT2D eigenvalue weighted by atomic mass is 32.2. The molecule has 0 aromatic heterocycles. The molecule has 0 aromatic rings. The minimum Gasteiger partial charge on any atom is -0.481 e. The lowest BCUT2D eigenvalue weighted by molar-refractivity contribution is -0.141. The maximum absolute atomic E-state index is 12.4. The average Bonchev–Trinajstić information content (AvgIpc) is 3.14. The Kier molecular flexibility index (Phi) is 6.02. The number of rotatable bonds is 7. The van der Waals surface area contributed by atoms with Crippen molar-refractivity contribution in [3.63, 3.8) is 0 Å². The molecule has 3 atom stereocenters. The van der Waals surface area contributed by atoms with Crippen LogP contribution in [0.2, 0.25) is 0 Å². The van der Waals surface area contributed by atoms with Gasteiger partial charge in [0, 0.05) is 12.6 Å². The van der Waals surface area contributed by atoms with Crippen LogP contribution in [0.1, 0.15) is 51.9 Å². The number of hydrogen-bond donors (Lipinski definition) is 2. The molecule has 1 unspecified atom stereocenters. The standard InChI is InChI=1S/C15H26N2O5S/c1-2-3-9-23(21,22)17-8-4-5-13(17)14(18)16-12-7-6-11(10-12)15(19)20/h11-13H,2-10H2,1H3,(H,16,18)(H,19,20)/t11-,12+,13?/m0/s1. The molecule has 0 radical (unpaired) electrons. The number of carbonyl (C=O) groups excluding carboxylic acids is 1. The van der Waals surface area contributed by atoms with Gasteiger partial charge in [0.2, 0.25) is 15.9 Å². The van der Waals surface area contributed by atoms with E-state index < -0.39 is 28.0 Å². The van der Waals surface area contributed by atoms with Gasteiger partial charge in [-0.3, -0.25) is 9.59 Å². The van der Waals surface area contributed by atoms with E-state index in [9.17, 15) is 18.0 Å². The number of amides is 1. The summed E-state index contributed by atoms with van der Waals surface area (Å²) in [4.78, 5) is 23.4. The summed E-state index contributed by atoms with van der Waals surface area (Å²) >= 11 is 0. The van der Waals surface area contributed by atoms with Crippen molar-refractivity contribution in [3.8, 4) is 0 Å². The summed E-state index contributed by atoms with van der Waals surface area (Å²) in [6, 6.07) is -0.801. The first-order valence-electron chi connectivity index (χ1n) is 8.38. The van der Waals surface area contributed by atoms with Crippen LogP contribution in [0, 0.1) is 5.92 Å². The summed E-state index contributed by atoms with van der Waals surface area (Å²) in [5.41, 5.74) is 0. The van der Waals surface area contributed by atoms with E-state index >= 15 is 0 Å². The van der Waals surface area contributed by atoms with Crippen LogP contribution in [0.15, 0.2) is 0 Å². The molecule has 7 nitrogen and oxygen atoms in total. The van der Waals surface area contributed by atoms with Crippen LogP contribution in [-0.4, -0.2) is 54.1 Å². The number of hydrogen-bond acceptors (Lipinski definition) is 4. The van der Waals surface area contributed by atoms with Crippen molar-refractivity contribution in [1.82, 2.24) is 9.62 Å². The van der Waals surface area contributed by atoms with Gasteiger partial charge in [0.15, 0.2) is 0 Å². The van der Waals surface area contributed by atoms with Gasteiger partial charge in [-0.1, -0.05) is 13.3 Å². The molecule has 8 heteroatoms. The maximum atomic E-state index is 12.4. The maximum Gasteiger partial charge on any atom is 0.306 e. The van der Waals surface area contributed by atoms with Crippen molar-refractivity contribution >= 4 is 21.9 Å². The molecule has 23 heavy (non-hydrogen) atoms. The van der Waals surface area contributed by atoms with Crippen molar-refractivity contribution in [2.24, 2.45) is 5.92 Å². The lowest BCUT2D eigenvalue weighted by atomic mass is 10.1. The Hall–Kier alpha value is -1.15. The fraction of sp³-hybridized carbons (Fsp3) is 0.867. The Balaban J connectivity index is 1.94. The molecule has 1 amide bonds. The fourth-order valence-corrected chi connectivity index (χ4v) is 5.30. The third kappa shape index (κ3) is 4.44. The monoisotopic (exact) mass is 346 g/mol. The van der Waals surface area contributed by atoms with Crippen molar-refractivity contribution in [3.05, 3.63) is 0 Å². The first-order valence-corrected chi connectivity index (χ1v) is 9.98. The van der Waals surface area contributed by atoms with E-state index in [-0.39, 0.29) is 17.7 Å². The molecule has 2 aliphatic rings. The second-order valence-electron chi connectivity index (χ2n) is 6.49. The third-order valence-electron chi connectivity index (χ3n) is 4.75. The highest BCUT2D eigenvalue weighted by molar-refractivity contribution is 7.89. The quantitative estimate of drug-likeness (QED) is 0.714. The SMILES string of the molecule is CCCCS(=O)(=O)N1CCCC1C(=O)N[C@@H]1CC[C@H](C(=O)O)C1. The average molecular weight is 346 g/mol.